The summed E-state index contributed by atoms with van der Waals surface area (Å²) in [5.41, 5.74) is 0. The average molecular weight is 268 g/mol. The van der Waals surface area contributed by atoms with E-state index < -0.39 is 0 Å². The lowest BCUT2D eigenvalue weighted by Crippen LogP contribution is -2.30. The second kappa shape index (κ2) is 7.54. The van der Waals surface area contributed by atoms with E-state index in [0.717, 1.165) is 13.1 Å². The van der Waals surface area contributed by atoms with E-state index in [1.54, 1.807) is 11.3 Å². The highest BCUT2D eigenvalue weighted by atomic mass is 32.1. The molecule has 1 amide bonds. The molecule has 1 heterocycles. The summed E-state index contributed by atoms with van der Waals surface area (Å²) in [6.07, 6.45) is 0.543. The number of aryl methyl sites for hydroxylation is 1. The molecule has 0 aliphatic rings. The Kier molecular flexibility index (Phi) is 6.36. The lowest BCUT2D eigenvalue weighted by atomic mass is 10.2. The number of hydrogen-bond donors (Lipinski definition) is 2. The van der Waals surface area contributed by atoms with Gasteiger partial charge in [-0.1, -0.05) is 13.8 Å². The summed E-state index contributed by atoms with van der Waals surface area (Å²) in [5, 5.41) is 6.30. The molecule has 0 aliphatic carbocycles. The Morgan fingerprint density at radius 2 is 2.06 bits per heavy atom. The fourth-order valence-electron chi connectivity index (χ4n) is 1.60. The summed E-state index contributed by atoms with van der Waals surface area (Å²) in [6, 6.07) is 4.60. The molecule has 0 bridgehead atoms. The second-order valence-electron chi connectivity index (χ2n) is 5.07. The molecule has 0 spiro atoms. The van der Waals surface area contributed by atoms with Crippen LogP contribution in [0.25, 0.3) is 0 Å². The van der Waals surface area contributed by atoms with E-state index in [4.69, 9.17) is 0 Å². The minimum atomic E-state index is 0.130. The quantitative estimate of drug-likeness (QED) is 0.798. The number of carbonyl (C=O) groups is 1. The van der Waals surface area contributed by atoms with Gasteiger partial charge in [-0.2, -0.15) is 0 Å². The van der Waals surface area contributed by atoms with Crippen molar-refractivity contribution in [2.75, 3.05) is 13.1 Å². The molecule has 18 heavy (non-hydrogen) atoms. The van der Waals surface area contributed by atoms with E-state index in [-0.39, 0.29) is 5.91 Å². The van der Waals surface area contributed by atoms with Gasteiger partial charge in [0.1, 0.15) is 0 Å². The zero-order valence-electron chi connectivity index (χ0n) is 11.7. The van der Waals surface area contributed by atoms with Gasteiger partial charge in [-0.3, -0.25) is 4.79 Å². The highest BCUT2D eigenvalue weighted by Gasteiger charge is 2.08. The third kappa shape index (κ3) is 5.65. The molecule has 4 heteroatoms. The second-order valence-corrected chi connectivity index (χ2v) is 6.39. The first-order valence-corrected chi connectivity index (χ1v) is 7.37. The predicted molar refractivity (Wildman–Crippen MR) is 77.9 cm³/mol. The molecule has 102 valence electrons. The monoisotopic (exact) mass is 268 g/mol. The van der Waals surface area contributed by atoms with Crippen LogP contribution in [0.3, 0.4) is 0 Å². The highest BCUT2D eigenvalue weighted by Crippen LogP contribution is 2.21. The largest absolute Gasteiger partial charge is 0.356 e. The van der Waals surface area contributed by atoms with Gasteiger partial charge in [0.25, 0.3) is 0 Å². The number of amides is 1. The van der Waals surface area contributed by atoms with Gasteiger partial charge in [0.05, 0.1) is 0 Å². The molecular weight excluding hydrogens is 244 g/mol. The Labute approximate surface area is 114 Å². The molecule has 0 aliphatic heterocycles. The molecule has 1 aromatic rings. The molecule has 1 rings (SSSR count). The third-order valence-electron chi connectivity index (χ3n) is 2.70. The summed E-state index contributed by atoms with van der Waals surface area (Å²) in [6.45, 7) is 9.93. The van der Waals surface area contributed by atoms with Gasteiger partial charge in [-0.15, -0.1) is 11.3 Å². The normalized spacial score (nSPS) is 12.7. The van der Waals surface area contributed by atoms with Gasteiger partial charge < -0.3 is 10.6 Å². The number of nitrogens with one attached hydrogen (secondary N) is 2. The predicted octanol–water partition coefficient (Wildman–Crippen LogP) is 2.87. The Balaban J connectivity index is 2.19. The van der Waals surface area contributed by atoms with Crippen molar-refractivity contribution in [3.05, 3.63) is 21.9 Å². The highest BCUT2D eigenvalue weighted by molar-refractivity contribution is 7.12. The Bertz CT molecular complexity index is 374. The van der Waals surface area contributed by atoms with Crippen molar-refractivity contribution in [2.24, 2.45) is 5.92 Å². The smallest absolute Gasteiger partial charge is 0.221 e. The minimum absolute atomic E-state index is 0.130. The fraction of sp³-hybridized carbons (Fsp3) is 0.643. The van der Waals surface area contributed by atoms with Crippen LogP contribution in [0.15, 0.2) is 12.1 Å². The number of rotatable bonds is 7. The van der Waals surface area contributed by atoms with Crippen molar-refractivity contribution in [3.63, 3.8) is 0 Å². The van der Waals surface area contributed by atoms with Crippen LogP contribution >= 0.6 is 11.3 Å². The molecule has 0 aromatic carbocycles. The zero-order valence-corrected chi connectivity index (χ0v) is 12.6. The van der Waals surface area contributed by atoms with Gasteiger partial charge >= 0.3 is 0 Å². The maximum absolute atomic E-state index is 11.5. The number of hydrogen-bond acceptors (Lipinski definition) is 3. The molecule has 2 N–H and O–H groups in total. The lowest BCUT2D eigenvalue weighted by molar-refractivity contribution is -0.121. The van der Waals surface area contributed by atoms with Crippen LogP contribution in [0.1, 0.15) is 43.0 Å². The van der Waals surface area contributed by atoms with Crippen molar-refractivity contribution >= 4 is 17.2 Å². The molecular formula is C14H24N2OS. The Hall–Kier alpha value is -0.870. The van der Waals surface area contributed by atoms with Crippen LogP contribution in [0.2, 0.25) is 0 Å². The molecule has 3 nitrogen and oxygen atoms in total. The summed E-state index contributed by atoms with van der Waals surface area (Å²) < 4.78 is 0. The Morgan fingerprint density at radius 1 is 1.33 bits per heavy atom. The molecule has 1 aromatic heterocycles. The maximum Gasteiger partial charge on any atom is 0.221 e. The van der Waals surface area contributed by atoms with E-state index in [1.807, 2.05) is 0 Å². The van der Waals surface area contributed by atoms with Crippen LogP contribution in [-0.2, 0) is 4.79 Å². The number of thiophene rings is 1. The standard InChI is InChI=1S/C14H24N2OS/c1-10(2)9-16-14(17)7-8-15-12(4)13-6-5-11(3)18-13/h5-6,10,12,15H,7-9H2,1-4H3,(H,16,17). The molecule has 0 fully saturated rings. The van der Waals surface area contributed by atoms with Gasteiger partial charge in [0.15, 0.2) is 0 Å². The minimum Gasteiger partial charge on any atom is -0.356 e. The molecule has 1 atom stereocenters. The van der Waals surface area contributed by atoms with E-state index in [2.05, 4.69) is 50.5 Å². The van der Waals surface area contributed by atoms with Gasteiger partial charge in [0.2, 0.25) is 5.91 Å². The summed E-state index contributed by atoms with van der Waals surface area (Å²) in [5.74, 6) is 0.640. The SMILES string of the molecule is Cc1ccc(C(C)NCCC(=O)NCC(C)C)s1. The summed E-state index contributed by atoms with van der Waals surface area (Å²) in [4.78, 5) is 14.2. The van der Waals surface area contributed by atoms with Crippen molar-refractivity contribution in [2.45, 2.75) is 40.2 Å². The third-order valence-corrected chi connectivity index (χ3v) is 3.88. The number of carbonyl (C=O) groups excluding carboxylic acids is 1. The molecule has 0 saturated carbocycles. The first-order chi connectivity index (χ1) is 8.49. The first-order valence-electron chi connectivity index (χ1n) is 6.55. The van der Waals surface area contributed by atoms with Gasteiger partial charge in [-0.05, 0) is 31.9 Å². The van der Waals surface area contributed by atoms with E-state index in [1.165, 1.54) is 9.75 Å². The Morgan fingerprint density at radius 3 is 2.61 bits per heavy atom. The van der Waals surface area contributed by atoms with Gasteiger partial charge in [0, 0.05) is 35.3 Å². The summed E-state index contributed by atoms with van der Waals surface area (Å²) in [7, 11) is 0. The van der Waals surface area contributed by atoms with Crippen molar-refractivity contribution in [1.29, 1.82) is 0 Å². The van der Waals surface area contributed by atoms with E-state index >= 15 is 0 Å². The van der Waals surface area contributed by atoms with Crippen LogP contribution in [0.4, 0.5) is 0 Å². The average Bonchev–Trinajstić information content (AvgIpc) is 2.73. The van der Waals surface area contributed by atoms with Crippen molar-refractivity contribution in [3.8, 4) is 0 Å². The van der Waals surface area contributed by atoms with Crippen LogP contribution in [0.5, 0.6) is 0 Å². The zero-order chi connectivity index (χ0) is 13.5. The van der Waals surface area contributed by atoms with Crippen molar-refractivity contribution < 1.29 is 4.79 Å². The maximum atomic E-state index is 11.5. The molecule has 1 unspecified atom stereocenters. The van der Waals surface area contributed by atoms with E-state index in [9.17, 15) is 4.79 Å². The molecule has 0 saturated heterocycles. The molecule has 0 radical (unpaired) electrons. The first kappa shape index (κ1) is 15.2. The lowest BCUT2D eigenvalue weighted by Gasteiger charge is -2.12. The fourth-order valence-corrected chi connectivity index (χ4v) is 2.50. The van der Waals surface area contributed by atoms with Crippen molar-refractivity contribution in [1.82, 2.24) is 10.6 Å². The van der Waals surface area contributed by atoms with Gasteiger partial charge in [-0.25, -0.2) is 0 Å². The topological polar surface area (TPSA) is 41.1 Å². The van der Waals surface area contributed by atoms with Crippen LogP contribution in [-0.4, -0.2) is 19.0 Å². The van der Waals surface area contributed by atoms with Crippen LogP contribution in [0, 0.1) is 12.8 Å². The summed E-state index contributed by atoms with van der Waals surface area (Å²) >= 11 is 1.81. The van der Waals surface area contributed by atoms with E-state index in [0.29, 0.717) is 18.4 Å². The van der Waals surface area contributed by atoms with Crippen LogP contribution < -0.4 is 10.6 Å².